The maximum Gasteiger partial charge on any atom is 0.339 e. The fraction of sp³-hybridized carbons (Fsp3) is 0.208. The first kappa shape index (κ1) is 98.5. The SMILES string of the molecule is COC(=O)c1ccc(NC(=O)C2(c3ccc(-c4cnc(N)nc4)cc3)CCC2)nc1.Cc1noc(-c2ccc(NC(=O)C3(c4ccc(-c5cnc(N)nc5)cc4)CCC3)nc2)n1.N#Cc1ccc(NC(=O)C2(c3ccc(-c4cnc(N)nc4)nc3)CCC2)nc1.NC(=O)c1ccc(NC(=O)C2(c3ccc(-c4cnc(N)nc4)cc3)CCC2)nc1.Nc1ncc(-c2ccc(C3(C(=O)Nc4ccc(=O)[nH]c4)CCC3)cc2)cn1. The van der Waals surface area contributed by atoms with E-state index in [1.54, 1.807) is 136 Å². The van der Waals surface area contributed by atoms with Gasteiger partial charge in [-0.1, -0.05) is 140 Å². The van der Waals surface area contributed by atoms with Crippen LogP contribution in [0.25, 0.3) is 67.2 Å². The number of hydrogen-bond donors (Lipinski definition) is 12. The molecular formula is C106H98N30O10. The maximum absolute atomic E-state index is 13.2. The summed E-state index contributed by atoms with van der Waals surface area (Å²) in [5.74, 6) is 2.35. The molecule has 16 aromatic rings. The molecule has 0 spiro atoms. The average Bonchev–Trinajstić information content (AvgIpc) is 0.794. The molecule has 21 rings (SSSR count). The molecule has 0 saturated heterocycles. The van der Waals surface area contributed by atoms with Crippen LogP contribution in [0.1, 0.15) is 156 Å². The van der Waals surface area contributed by atoms with E-state index in [-0.39, 0.29) is 64.8 Å². The molecule has 5 aliphatic rings. The average molecular weight is 1950 g/mol. The van der Waals surface area contributed by atoms with Gasteiger partial charge in [0.2, 0.25) is 70.7 Å². The Labute approximate surface area is 835 Å². The van der Waals surface area contributed by atoms with Gasteiger partial charge in [-0.15, -0.1) is 0 Å². The molecule has 40 heteroatoms. The van der Waals surface area contributed by atoms with Crippen molar-refractivity contribution in [2.24, 2.45) is 5.73 Å². The van der Waals surface area contributed by atoms with Gasteiger partial charge in [0.15, 0.2) is 5.82 Å². The number of pyridine rings is 6. The zero-order chi connectivity index (χ0) is 102. The number of primary amides is 1. The van der Waals surface area contributed by atoms with Crippen LogP contribution in [0.4, 0.5) is 58.7 Å². The minimum Gasteiger partial charge on any atom is -0.465 e. The van der Waals surface area contributed by atoms with Gasteiger partial charge >= 0.3 is 5.97 Å². The predicted molar refractivity (Wildman–Crippen MR) is 545 cm³/mol. The first-order valence-electron chi connectivity index (χ1n) is 46.7. The molecule has 5 saturated carbocycles. The predicted octanol–water partition coefficient (Wildman–Crippen LogP) is 13.7. The number of amides is 6. The summed E-state index contributed by atoms with van der Waals surface area (Å²) >= 11 is 0. The van der Waals surface area contributed by atoms with Crippen LogP contribution in [0.15, 0.2) is 278 Å². The Morgan fingerprint density at radius 1 is 0.342 bits per heavy atom. The van der Waals surface area contributed by atoms with Gasteiger partial charge in [-0.25, -0.2) is 74.6 Å². The highest BCUT2D eigenvalue weighted by atomic mass is 16.5. The smallest absolute Gasteiger partial charge is 0.339 e. The Bertz CT molecular complexity index is 7460. The van der Waals surface area contributed by atoms with E-state index in [0.717, 1.165) is 174 Å². The fourth-order valence-electron chi connectivity index (χ4n) is 17.6. The summed E-state index contributed by atoms with van der Waals surface area (Å²) in [5.41, 5.74) is 45.7. The maximum atomic E-state index is 13.2. The minimum absolute atomic E-state index is 0.0515. The number of carbonyl (C=O) groups is 7. The van der Waals surface area contributed by atoms with Crippen molar-refractivity contribution in [3.05, 3.63) is 330 Å². The van der Waals surface area contributed by atoms with Crippen molar-refractivity contribution in [3.8, 4) is 73.3 Å². The van der Waals surface area contributed by atoms with Crippen LogP contribution in [0, 0.1) is 18.3 Å². The van der Waals surface area contributed by atoms with Gasteiger partial charge in [-0.3, -0.25) is 38.5 Å². The molecule has 732 valence electrons. The third kappa shape index (κ3) is 21.9. The zero-order valence-corrected chi connectivity index (χ0v) is 79.1. The number of nitrogens with zero attached hydrogens (tertiary/aromatic N) is 18. The summed E-state index contributed by atoms with van der Waals surface area (Å²) in [6.45, 7) is 1.75. The second kappa shape index (κ2) is 43.3. The number of nitrogen functional groups attached to an aromatic ring is 5. The Morgan fingerprint density at radius 3 is 0.932 bits per heavy atom. The molecule has 6 amide bonds. The van der Waals surface area contributed by atoms with Crippen molar-refractivity contribution in [2.45, 2.75) is 130 Å². The van der Waals surface area contributed by atoms with Crippen molar-refractivity contribution in [3.63, 3.8) is 0 Å². The number of nitriles is 1. The van der Waals surface area contributed by atoms with Crippen molar-refractivity contribution >= 4 is 100 Å². The molecule has 0 bridgehead atoms. The molecule has 40 nitrogen and oxygen atoms in total. The molecule has 0 aliphatic heterocycles. The minimum atomic E-state index is -0.612. The Balaban J connectivity index is 0.000000125. The van der Waals surface area contributed by atoms with E-state index < -0.39 is 39.0 Å². The Morgan fingerprint density at radius 2 is 0.658 bits per heavy atom. The number of esters is 1. The summed E-state index contributed by atoms with van der Waals surface area (Å²) < 4.78 is 9.82. The number of nitrogens with one attached hydrogen (secondary N) is 6. The molecule has 18 N–H and O–H groups in total. The second-order valence-corrected chi connectivity index (χ2v) is 35.6. The van der Waals surface area contributed by atoms with Gasteiger partial charge in [-0.2, -0.15) is 10.2 Å². The van der Waals surface area contributed by atoms with E-state index in [2.05, 4.69) is 121 Å². The van der Waals surface area contributed by atoms with Crippen molar-refractivity contribution in [2.75, 3.05) is 62.4 Å². The lowest BCUT2D eigenvalue weighted by Gasteiger charge is -2.40. The number of benzene rings is 4. The number of aromatic amines is 1. The van der Waals surface area contributed by atoms with E-state index in [0.29, 0.717) is 68.6 Å². The van der Waals surface area contributed by atoms with E-state index in [9.17, 15) is 38.4 Å². The molecule has 12 aromatic heterocycles. The number of hydrogen-bond acceptors (Lipinski definition) is 33. The Hall–Kier alpha value is -19.1. The number of carbonyl (C=O) groups excluding carboxylic acids is 7. The van der Waals surface area contributed by atoms with E-state index in [4.69, 9.17) is 44.2 Å². The van der Waals surface area contributed by atoms with Crippen molar-refractivity contribution in [1.82, 2.24) is 89.9 Å². The van der Waals surface area contributed by atoms with Gasteiger partial charge in [-0.05, 0) is 182 Å². The third-order valence-corrected chi connectivity index (χ3v) is 26.9. The van der Waals surface area contributed by atoms with Crippen molar-refractivity contribution < 1.29 is 42.8 Å². The lowest BCUT2D eigenvalue weighted by atomic mass is 9.63. The van der Waals surface area contributed by atoms with Gasteiger partial charge in [0.25, 0.3) is 5.89 Å². The van der Waals surface area contributed by atoms with Crippen LogP contribution in [-0.4, -0.2) is 138 Å². The summed E-state index contributed by atoms with van der Waals surface area (Å²) in [6, 6.07) is 53.4. The molecule has 0 atom stereocenters. The monoisotopic (exact) mass is 1950 g/mol. The van der Waals surface area contributed by atoms with Crippen LogP contribution in [0.2, 0.25) is 0 Å². The molecule has 5 aliphatic carbocycles. The Kier molecular flexibility index (Phi) is 29.2. The molecular weight excluding hydrogens is 1850 g/mol. The molecule has 146 heavy (non-hydrogen) atoms. The van der Waals surface area contributed by atoms with Crippen LogP contribution in [-0.2, 0) is 55.8 Å². The lowest BCUT2D eigenvalue weighted by molar-refractivity contribution is -0.125. The number of rotatable bonds is 23. The summed E-state index contributed by atoms with van der Waals surface area (Å²) in [5, 5.41) is 27.1. The van der Waals surface area contributed by atoms with Gasteiger partial charge < -0.3 is 75.2 Å². The van der Waals surface area contributed by atoms with Crippen LogP contribution in [0.3, 0.4) is 0 Å². The van der Waals surface area contributed by atoms with E-state index in [1.165, 1.54) is 38.0 Å². The normalized spacial score (nSPS) is 14.6. The lowest BCUT2D eigenvalue weighted by Crippen LogP contribution is -2.46. The second-order valence-electron chi connectivity index (χ2n) is 35.6. The first-order chi connectivity index (χ1) is 70.7. The highest BCUT2D eigenvalue weighted by Gasteiger charge is 2.50. The van der Waals surface area contributed by atoms with Gasteiger partial charge in [0.05, 0.1) is 67.8 Å². The van der Waals surface area contributed by atoms with Crippen molar-refractivity contribution in [1.29, 1.82) is 5.26 Å². The van der Waals surface area contributed by atoms with E-state index in [1.807, 2.05) is 115 Å². The quantitative estimate of drug-likeness (QED) is 0.0265. The third-order valence-electron chi connectivity index (χ3n) is 26.9. The summed E-state index contributed by atoms with van der Waals surface area (Å²) in [6.07, 6.45) is 38.4. The molecule has 12 heterocycles. The molecule has 5 fully saturated rings. The number of anilines is 10. The van der Waals surface area contributed by atoms with Crippen LogP contribution < -0.4 is 66.5 Å². The molecule has 4 aromatic carbocycles. The number of aromatic nitrogens is 18. The highest BCUT2D eigenvalue weighted by Crippen LogP contribution is 2.50. The topological polar surface area (TPSA) is 634 Å². The van der Waals surface area contributed by atoms with Gasteiger partial charge in [0, 0.05) is 133 Å². The number of H-pyrrole nitrogens is 1. The number of nitrogens with two attached hydrogens (primary N) is 6. The van der Waals surface area contributed by atoms with Crippen LogP contribution >= 0.6 is 0 Å². The largest absolute Gasteiger partial charge is 0.465 e. The fourth-order valence-corrected chi connectivity index (χ4v) is 17.6. The van der Waals surface area contributed by atoms with Crippen LogP contribution in [0.5, 0.6) is 0 Å². The summed E-state index contributed by atoms with van der Waals surface area (Å²) in [4.78, 5) is 167. The molecule has 0 radical (unpaired) electrons. The van der Waals surface area contributed by atoms with E-state index >= 15 is 0 Å². The number of ether oxygens (including phenoxy) is 1. The van der Waals surface area contributed by atoms with Gasteiger partial charge in [0.1, 0.15) is 29.3 Å². The molecule has 0 unspecified atom stereocenters. The highest BCUT2D eigenvalue weighted by molar-refractivity contribution is 6.03. The zero-order valence-electron chi connectivity index (χ0n) is 79.1. The number of aryl methyl sites for hydroxylation is 1. The summed E-state index contributed by atoms with van der Waals surface area (Å²) in [7, 11) is 1.31. The number of methoxy groups -OCH3 is 1. The first-order valence-corrected chi connectivity index (χ1v) is 46.7. The standard InChI is InChI=1S/C23H21N7O2.C22H21N5O3.C21H20N6O2.C20H17N7O.C20H19N5O2/c1-14-28-20(32-30-14)16-5-8-19(25-11-16)29-21(31)23(9-2-10-23)18-6-3-15(4-7-18)17-12-26-22(24)27-13-17;1-30-19(28)15-5-8-18(24-11-15)27-20(29)22(9-2-10-22)17-6-3-14(4-7-17)16-12-25-21(23)26-13-16;22-18(28)14-4-7-17(24-10-14)27-19(29)21(8-1-9-21)16-5-2-13(3-6-16)15-11-25-20(23)26-12-15;21-8-13-2-5-17(24-9-13)27-18(28)20(6-1-7-20)15-3-4-16(23-12-15)14-10-25-19(22)26-11-14;21-19-23-10-14(11-24-19)13-2-4-15(5-3-13)20(8-1-9-20)18(27)25-16-6-7-17(26)22-12-16/h3-8,11-13H,2,9-10H2,1H3,(H2,24,26,27)(H,25,29,31);3-8,11-13H,2,9-10H2,1H3,(H2,23,25,26)(H,24,27,29);2-7,10-12H,1,8-9H2,(H2,22,28)(H2,23,25,26)(H,24,27,29);2-5,9-12H,1,6-7H2,(H2,22,25,26)(H,24,27,28);2-7,10-12H,1,8-9H2,(H,22,26)(H,25,27)(H2,21,23,24).